The Bertz CT molecular complexity index is 333. The van der Waals surface area contributed by atoms with Crippen LogP contribution >= 0.6 is 0 Å². The van der Waals surface area contributed by atoms with Gasteiger partial charge in [-0.05, 0) is 24.3 Å². The van der Waals surface area contributed by atoms with Gasteiger partial charge in [0.2, 0.25) is 0 Å². The van der Waals surface area contributed by atoms with Crippen molar-refractivity contribution in [3.8, 4) is 5.75 Å². The first-order valence-electron chi connectivity index (χ1n) is 3.65. The van der Waals surface area contributed by atoms with Crippen molar-refractivity contribution < 1.29 is 9.53 Å². The van der Waals surface area contributed by atoms with Crippen LogP contribution < -0.4 is 4.74 Å². The molecule has 0 saturated heterocycles. The Kier molecular flexibility index (Phi) is 1.63. The second kappa shape index (κ2) is 2.77. The summed E-state index contributed by atoms with van der Waals surface area (Å²) in [6, 6.07) is 3.57. The Labute approximate surface area is 69.7 Å². The standard InChI is InChI=1S/C9H7NO2/c11-6-7-3-4-8-9(12-7)2-1-5-10-8/h1-7H. The van der Waals surface area contributed by atoms with Crippen molar-refractivity contribution in [2.24, 2.45) is 0 Å². The van der Waals surface area contributed by atoms with Gasteiger partial charge in [-0.3, -0.25) is 9.78 Å². The second-order valence-corrected chi connectivity index (χ2v) is 2.46. The van der Waals surface area contributed by atoms with Crippen molar-refractivity contribution >= 4 is 12.4 Å². The highest BCUT2D eigenvalue weighted by molar-refractivity contribution is 5.67. The van der Waals surface area contributed by atoms with Gasteiger partial charge in [0.05, 0.1) is 0 Å². The minimum Gasteiger partial charge on any atom is -0.477 e. The number of fused-ring (bicyclic) bond motifs is 1. The van der Waals surface area contributed by atoms with Crippen LogP contribution in [-0.4, -0.2) is 17.4 Å². The smallest absolute Gasteiger partial charge is 0.172 e. The van der Waals surface area contributed by atoms with E-state index in [4.69, 9.17) is 4.74 Å². The first-order valence-corrected chi connectivity index (χ1v) is 3.65. The van der Waals surface area contributed by atoms with Gasteiger partial charge in [0, 0.05) is 6.20 Å². The highest BCUT2D eigenvalue weighted by Gasteiger charge is 2.12. The number of rotatable bonds is 1. The summed E-state index contributed by atoms with van der Waals surface area (Å²) in [6.07, 6.45) is 5.46. The number of nitrogens with zero attached hydrogens (tertiary/aromatic N) is 1. The Morgan fingerprint density at radius 3 is 3.33 bits per heavy atom. The summed E-state index contributed by atoms with van der Waals surface area (Å²) in [5, 5.41) is 0. The van der Waals surface area contributed by atoms with E-state index in [-0.39, 0.29) is 0 Å². The zero-order valence-corrected chi connectivity index (χ0v) is 6.31. The van der Waals surface area contributed by atoms with E-state index in [0.29, 0.717) is 5.75 Å². The number of carbonyl (C=O) groups is 1. The number of aldehydes is 1. The number of ether oxygens (including phenoxy) is 1. The van der Waals surface area contributed by atoms with Crippen molar-refractivity contribution in [3.05, 3.63) is 30.1 Å². The predicted octanol–water partition coefficient (Wildman–Crippen LogP) is 1.05. The monoisotopic (exact) mass is 161 g/mol. The van der Waals surface area contributed by atoms with E-state index in [1.165, 1.54) is 0 Å². The van der Waals surface area contributed by atoms with Gasteiger partial charge in [-0.1, -0.05) is 0 Å². The molecule has 12 heavy (non-hydrogen) atoms. The molecule has 2 rings (SSSR count). The summed E-state index contributed by atoms with van der Waals surface area (Å²) in [7, 11) is 0. The van der Waals surface area contributed by atoms with E-state index >= 15 is 0 Å². The van der Waals surface area contributed by atoms with Crippen molar-refractivity contribution in [2.75, 3.05) is 0 Å². The van der Waals surface area contributed by atoms with Crippen LogP contribution in [0.3, 0.4) is 0 Å². The molecule has 2 heterocycles. The van der Waals surface area contributed by atoms with Crippen molar-refractivity contribution in [2.45, 2.75) is 6.10 Å². The highest BCUT2D eigenvalue weighted by atomic mass is 16.5. The van der Waals surface area contributed by atoms with Crippen LogP contribution in [0.2, 0.25) is 0 Å². The van der Waals surface area contributed by atoms with Gasteiger partial charge < -0.3 is 4.74 Å². The highest BCUT2D eigenvalue weighted by Crippen LogP contribution is 2.22. The molecular weight excluding hydrogens is 154 g/mol. The molecule has 0 fully saturated rings. The van der Waals surface area contributed by atoms with Gasteiger partial charge in [0.15, 0.2) is 12.4 Å². The maximum Gasteiger partial charge on any atom is 0.172 e. The van der Waals surface area contributed by atoms with Crippen LogP contribution in [0.25, 0.3) is 6.08 Å². The van der Waals surface area contributed by atoms with Gasteiger partial charge in [0.1, 0.15) is 11.4 Å². The lowest BCUT2D eigenvalue weighted by molar-refractivity contribution is -0.112. The Morgan fingerprint density at radius 2 is 2.50 bits per heavy atom. The van der Waals surface area contributed by atoms with Crippen molar-refractivity contribution in [3.63, 3.8) is 0 Å². The van der Waals surface area contributed by atoms with E-state index in [1.54, 1.807) is 30.5 Å². The Hall–Kier alpha value is -1.64. The minimum absolute atomic E-state index is 0.457. The third kappa shape index (κ3) is 1.09. The summed E-state index contributed by atoms with van der Waals surface area (Å²) < 4.78 is 5.26. The summed E-state index contributed by atoms with van der Waals surface area (Å²) in [6.45, 7) is 0. The molecule has 0 N–H and O–H groups in total. The fraction of sp³-hybridized carbons (Fsp3) is 0.111. The third-order valence-electron chi connectivity index (χ3n) is 1.64. The van der Waals surface area contributed by atoms with Crippen LogP contribution in [0.1, 0.15) is 5.69 Å². The molecule has 1 unspecified atom stereocenters. The van der Waals surface area contributed by atoms with Crippen molar-refractivity contribution in [1.82, 2.24) is 4.98 Å². The summed E-state index contributed by atoms with van der Waals surface area (Å²) in [4.78, 5) is 14.4. The molecule has 3 heteroatoms. The average molecular weight is 161 g/mol. The molecule has 1 aromatic rings. The molecule has 0 aromatic carbocycles. The maximum atomic E-state index is 10.4. The number of aromatic nitrogens is 1. The summed E-state index contributed by atoms with van der Waals surface area (Å²) in [5.41, 5.74) is 0.774. The van der Waals surface area contributed by atoms with E-state index in [0.717, 1.165) is 12.0 Å². The zero-order chi connectivity index (χ0) is 8.39. The zero-order valence-electron chi connectivity index (χ0n) is 6.31. The molecule has 1 aromatic heterocycles. The lowest BCUT2D eigenvalue weighted by Gasteiger charge is -2.15. The second-order valence-electron chi connectivity index (χ2n) is 2.46. The quantitative estimate of drug-likeness (QED) is 0.578. The van der Waals surface area contributed by atoms with Gasteiger partial charge >= 0.3 is 0 Å². The molecule has 1 aliphatic heterocycles. The summed E-state index contributed by atoms with van der Waals surface area (Å²) in [5.74, 6) is 0.664. The maximum absolute atomic E-state index is 10.4. The molecule has 0 amide bonds. The number of carbonyl (C=O) groups excluding carboxylic acids is 1. The van der Waals surface area contributed by atoms with Gasteiger partial charge in [-0.15, -0.1) is 0 Å². The van der Waals surface area contributed by atoms with E-state index < -0.39 is 6.10 Å². The number of hydrogen-bond acceptors (Lipinski definition) is 3. The average Bonchev–Trinajstić information content (AvgIpc) is 2.17. The molecule has 1 aliphatic rings. The minimum atomic E-state index is -0.457. The van der Waals surface area contributed by atoms with E-state index in [2.05, 4.69) is 4.98 Å². The Morgan fingerprint density at radius 1 is 1.58 bits per heavy atom. The van der Waals surface area contributed by atoms with Crippen LogP contribution in [0.4, 0.5) is 0 Å². The van der Waals surface area contributed by atoms with Crippen molar-refractivity contribution in [1.29, 1.82) is 0 Å². The first kappa shape index (κ1) is 7.03. The molecule has 0 spiro atoms. The molecule has 0 aliphatic carbocycles. The van der Waals surface area contributed by atoms with Crippen LogP contribution in [0, 0.1) is 0 Å². The number of hydrogen-bond donors (Lipinski definition) is 0. The predicted molar refractivity (Wildman–Crippen MR) is 43.8 cm³/mol. The molecule has 0 bridgehead atoms. The van der Waals surface area contributed by atoms with E-state index in [9.17, 15) is 4.79 Å². The van der Waals surface area contributed by atoms with Crippen LogP contribution in [-0.2, 0) is 4.79 Å². The van der Waals surface area contributed by atoms with Crippen LogP contribution in [0.5, 0.6) is 5.75 Å². The first-order chi connectivity index (χ1) is 5.90. The lowest BCUT2D eigenvalue weighted by atomic mass is 10.2. The number of pyridine rings is 1. The molecule has 3 nitrogen and oxygen atoms in total. The van der Waals surface area contributed by atoms with Gasteiger partial charge in [-0.2, -0.15) is 0 Å². The molecule has 0 saturated carbocycles. The normalized spacial score (nSPS) is 19.5. The van der Waals surface area contributed by atoms with Crippen LogP contribution in [0.15, 0.2) is 24.4 Å². The van der Waals surface area contributed by atoms with E-state index in [1.807, 2.05) is 0 Å². The lowest BCUT2D eigenvalue weighted by Crippen LogP contribution is -2.18. The molecule has 0 radical (unpaired) electrons. The third-order valence-corrected chi connectivity index (χ3v) is 1.64. The van der Waals surface area contributed by atoms with Gasteiger partial charge in [-0.25, -0.2) is 0 Å². The fourth-order valence-corrected chi connectivity index (χ4v) is 1.07. The van der Waals surface area contributed by atoms with Gasteiger partial charge in [0.25, 0.3) is 0 Å². The topological polar surface area (TPSA) is 39.2 Å². The molecule has 1 atom stereocenters. The molecular formula is C9H7NO2. The Balaban J connectivity index is 2.39. The largest absolute Gasteiger partial charge is 0.477 e. The fourth-order valence-electron chi connectivity index (χ4n) is 1.07. The SMILES string of the molecule is O=CC1C=Cc2ncccc2O1. The molecule has 60 valence electrons. The summed E-state index contributed by atoms with van der Waals surface area (Å²) >= 11 is 0.